The van der Waals surface area contributed by atoms with E-state index in [4.69, 9.17) is 0 Å². The molecular weight excluding hydrogens is 666 g/mol. The van der Waals surface area contributed by atoms with Gasteiger partial charge in [-0.25, -0.2) is 0 Å². The fourth-order valence-corrected chi connectivity index (χ4v) is 3.59. The van der Waals surface area contributed by atoms with Crippen LogP contribution >= 0.6 is 0 Å². The topological polar surface area (TPSA) is 155 Å². The minimum atomic E-state index is -1.34. The zero-order valence-corrected chi connectivity index (χ0v) is 34.8. The summed E-state index contributed by atoms with van der Waals surface area (Å²) in [5.41, 5.74) is 1.75. The quantitative estimate of drug-likeness (QED) is 0.424. The molecule has 2 N–H and O–H groups in total. The molecule has 252 valence electrons. The molecule has 0 spiro atoms. The van der Waals surface area contributed by atoms with Crippen LogP contribution in [0.4, 0.5) is 0 Å². The van der Waals surface area contributed by atoms with Gasteiger partial charge in [-0.15, -0.1) is 0 Å². The monoisotopic (exact) mass is 718 g/mol. The van der Waals surface area contributed by atoms with Crippen molar-refractivity contribution >= 4 is 33.5 Å². The van der Waals surface area contributed by atoms with Crippen LogP contribution in [-0.4, -0.2) is 55.6 Å². The van der Waals surface area contributed by atoms with E-state index in [1.165, 1.54) is 12.1 Å². The molecule has 0 amide bonds. The molecular formula is C34H54O8S2Zn. The molecule has 0 aliphatic rings. The Balaban J connectivity index is -0.000000621. The van der Waals surface area contributed by atoms with Crippen LogP contribution in [0.2, 0.25) is 0 Å². The summed E-state index contributed by atoms with van der Waals surface area (Å²) in [6.45, 7) is 23.7. The zero-order valence-electron chi connectivity index (χ0n) is 30.2. The molecule has 0 atom stereocenters. The third-order valence-electron chi connectivity index (χ3n) is 6.01. The van der Waals surface area contributed by atoms with E-state index in [1.807, 2.05) is 95.2 Å². The third kappa shape index (κ3) is 17.4. The molecule has 0 aliphatic heterocycles. The van der Waals surface area contributed by atoms with E-state index < -0.39 is 33.5 Å². The van der Waals surface area contributed by atoms with Crippen molar-refractivity contribution < 1.29 is 57.9 Å². The number of phenols is 2. The Morgan fingerprint density at radius 2 is 0.733 bits per heavy atom. The van der Waals surface area contributed by atoms with E-state index in [0.717, 1.165) is 11.1 Å². The summed E-state index contributed by atoms with van der Waals surface area (Å²) in [5.74, 6) is -3.06. The van der Waals surface area contributed by atoms with E-state index in [9.17, 15) is 38.4 Å². The average molecular weight is 720 g/mol. The van der Waals surface area contributed by atoms with Gasteiger partial charge in [0.2, 0.25) is 0 Å². The minimum Gasteiger partial charge on any atom is -0.545 e. The molecule has 0 aromatic heterocycles. The van der Waals surface area contributed by atoms with Crippen molar-refractivity contribution in [1.82, 2.24) is 0 Å². The first-order valence-electron chi connectivity index (χ1n) is 14.0. The van der Waals surface area contributed by atoms with Gasteiger partial charge in [-0.05, 0) is 44.9 Å². The van der Waals surface area contributed by atoms with E-state index in [0.29, 0.717) is 11.1 Å². The molecule has 2 aromatic rings. The largest absolute Gasteiger partial charge is 2.00 e. The summed E-state index contributed by atoms with van der Waals surface area (Å²) in [7, 11) is -1.22. The number of rotatable bonds is 2. The number of carbonyl (C=O) groups is 2. The molecule has 2 rings (SSSR count). The first-order chi connectivity index (χ1) is 19.3. The Bertz CT molecular complexity index is 1230. The zero-order chi connectivity index (χ0) is 35.8. The number of benzene rings is 2. The van der Waals surface area contributed by atoms with Crippen LogP contribution < -0.4 is 10.2 Å². The molecule has 45 heavy (non-hydrogen) atoms. The standard InChI is InChI=1S/2C15H22O3.2C2H6OS.Zn/c2*1-14(2,3)9-7-10(13(17)18)12(16)11(8-9)15(4,5)6;2*1-4(2)3;/h2*7-8,16H,1-6H3,(H,17,18);2*1-2H3;/q;;;;+2/p-2. The fourth-order valence-electron chi connectivity index (χ4n) is 3.59. The second-order valence-electron chi connectivity index (χ2n) is 14.9. The molecule has 0 radical (unpaired) electrons. The second kappa shape index (κ2) is 18.3. The van der Waals surface area contributed by atoms with Crippen molar-refractivity contribution in [2.24, 2.45) is 0 Å². The number of aromatic hydroxyl groups is 2. The van der Waals surface area contributed by atoms with E-state index in [-0.39, 0.29) is 63.8 Å². The van der Waals surface area contributed by atoms with Crippen molar-refractivity contribution in [2.75, 3.05) is 25.0 Å². The summed E-state index contributed by atoms with van der Waals surface area (Å²) in [5, 5.41) is 42.3. The molecule has 0 saturated carbocycles. The van der Waals surface area contributed by atoms with Gasteiger partial charge in [0.25, 0.3) is 0 Å². The van der Waals surface area contributed by atoms with Gasteiger partial charge in [0.05, 0.1) is 11.9 Å². The number of hydrogen-bond acceptors (Lipinski definition) is 8. The second-order valence-corrected chi connectivity index (χ2v) is 17.9. The van der Waals surface area contributed by atoms with Gasteiger partial charge in [0, 0.05) is 68.9 Å². The van der Waals surface area contributed by atoms with Gasteiger partial charge in [-0.2, -0.15) is 0 Å². The summed E-state index contributed by atoms with van der Waals surface area (Å²) >= 11 is 0. The smallest absolute Gasteiger partial charge is 0.545 e. The summed E-state index contributed by atoms with van der Waals surface area (Å²) in [4.78, 5) is 22.2. The molecule has 8 nitrogen and oxygen atoms in total. The first kappa shape index (κ1) is 47.3. The van der Waals surface area contributed by atoms with Crippen LogP contribution in [0.3, 0.4) is 0 Å². The van der Waals surface area contributed by atoms with Crippen LogP contribution in [0.5, 0.6) is 11.5 Å². The number of carboxylic acids is 2. The SMILES string of the molecule is CC(C)(C)c1cc(C(=O)[O-])c(O)c(C(C)(C)C)c1.CC(C)(C)c1cc(C(=O)[O-])c(O)c(C(C)(C)C)c1.CS(C)=O.CS(C)=O.[Zn+2]. The Kier molecular flexibility index (Phi) is 19.2. The van der Waals surface area contributed by atoms with E-state index >= 15 is 0 Å². The van der Waals surface area contributed by atoms with Crippen molar-refractivity contribution in [3.8, 4) is 11.5 Å². The maximum atomic E-state index is 11.1. The number of hydrogen-bond donors (Lipinski definition) is 2. The molecule has 0 bridgehead atoms. The predicted molar refractivity (Wildman–Crippen MR) is 180 cm³/mol. The average Bonchev–Trinajstić information content (AvgIpc) is 2.75. The van der Waals surface area contributed by atoms with Gasteiger partial charge in [0.15, 0.2) is 0 Å². The number of carbonyl (C=O) groups excluding carboxylic acids is 2. The van der Waals surface area contributed by atoms with Crippen molar-refractivity contribution in [3.63, 3.8) is 0 Å². The van der Waals surface area contributed by atoms with Gasteiger partial charge >= 0.3 is 19.5 Å². The van der Waals surface area contributed by atoms with Crippen molar-refractivity contribution in [3.05, 3.63) is 57.6 Å². The molecule has 0 heterocycles. The van der Waals surface area contributed by atoms with Crippen LogP contribution in [0.25, 0.3) is 0 Å². The van der Waals surface area contributed by atoms with E-state index in [1.54, 1.807) is 25.0 Å². The molecule has 0 unspecified atom stereocenters. The van der Waals surface area contributed by atoms with E-state index in [2.05, 4.69) is 0 Å². The van der Waals surface area contributed by atoms with Crippen LogP contribution in [-0.2, 0) is 62.7 Å². The summed E-state index contributed by atoms with van der Waals surface area (Å²) in [6, 6.07) is 6.75. The fraction of sp³-hybridized carbons (Fsp3) is 0.588. The molecule has 11 heteroatoms. The normalized spacial score (nSPS) is 11.6. The summed E-state index contributed by atoms with van der Waals surface area (Å²) in [6.07, 6.45) is 6.56. The Morgan fingerprint density at radius 1 is 0.533 bits per heavy atom. The summed E-state index contributed by atoms with van der Waals surface area (Å²) < 4.78 is 19.1. The van der Waals surface area contributed by atoms with Crippen LogP contribution in [0, 0.1) is 0 Å². The van der Waals surface area contributed by atoms with Gasteiger partial charge in [0.1, 0.15) is 11.5 Å². The Labute approximate surface area is 289 Å². The van der Waals surface area contributed by atoms with Crippen LogP contribution in [0.15, 0.2) is 24.3 Å². The molecule has 0 saturated heterocycles. The predicted octanol–water partition coefficient (Wildman–Crippen LogP) is 4.69. The Morgan fingerprint density at radius 3 is 0.867 bits per heavy atom. The van der Waals surface area contributed by atoms with Crippen LogP contribution in [0.1, 0.15) is 126 Å². The first-order valence-corrected chi connectivity index (χ1v) is 18.0. The minimum absolute atomic E-state index is 0. The van der Waals surface area contributed by atoms with Gasteiger partial charge in [-0.1, -0.05) is 95.2 Å². The molecule has 2 aromatic carbocycles. The third-order valence-corrected chi connectivity index (χ3v) is 6.01. The van der Waals surface area contributed by atoms with Gasteiger partial charge in [-0.3, -0.25) is 8.42 Å². The Hall–Kier alpha value is -2.10. The van der Waals surface area contributed by atoms with Gasteiger partial charge < -0.3 is 30.0 Å². The number of carboxylic acid groups (broad SMARTS) is 2. The number of aromatic carboxylic acids is 2. The van der Waals surface area contributed by atoms with Crippen molar-refractivity contribution in [1.29, 1.82) is 0 Å². The molecule has 0 fully saturated rings. The maximum absolute atomic E-state index is 11.1. The molecule has 0 aliphatic carbocycles. The van der Waals surface area contributed by atoms with Crippen molar-refractivity contribution in [2.45, 2.75) is 105 Å². The maximum Gasteiger partial charge on any atom is 2.00 e.